The van der Waals surface area contributed by atoms with Crippen LogP contribution in [0.1, 0.15) is 37.3 Å². The van der Waals surface area contributed by atoms with Crippen molar-refractivity contribution in [3.63, 3.8) is 0 Å². The highest BCUT2D eigenvalue weighted by atomic mass is 16.3. The Bertz CT molecular complexity index is 687. The predicted molar refractivity (Wildman–Crippen MR) is 92.2 cm³/mol. The number of H-pyrrole nitrogens is 1. The van der Waals surface area contributed by atoms with E-state index in [1.165, 1.54) is 12.8 Å². The van der Waals surface area contributed by atoms with Crippen LogP contribution >= 0.6 is 0 Å². The number of unbranched alkanes of at least 4 members (excludes halogenated alkanes) is 2. The fourth-order valence-electron chi connectivity index (χ4n) is 2.46. The number of aryl methyl sites for hydroxylation is 1. The molecule has 0 fully saturated rings. The summed E-state index contributed by atoms with van der Waals surface area (Å²) in [6.07, 6.45) is 6.94. The summed E-state index contributed by atoms with van der Waals surface area (Å²) < 4.78 is 0. The maximum absolute atomic E-state index is 9.73. The van der Waals surface area contributed by atoms with Crippen molar-refractivity contribution in [2.75, 3.05) is 13.6 Å². The highest BCUT2D eigenvalue weighted by Crippen LogP contribution is 2.25. The van der Waals surface area contributed by atoms with Crippen molar-refractivity contribution >= 4 is 23.1 Å². The Morgan fingerprint density at radius 2 is 2.18 bits per heavy atom. The summed E-state index contributed by atoms with van der Waals surface area (Å²) in [5.74, 6) is 0.494. The fraction of sp³-hybridized carbons (Fsp3) is 0.412. The van der Waals surface area contributed by atoms with Crippen molar-refractivity contribution in [1.29, 1.82) is 5.41 Å². The third-order valence-electron chi connectivity index (χ3n) is 3.79. The lowest BCUT2D eigenvalue weighted by Gasteiger charge is -2.15. The van der Waals surface area contributed by atoms with E-state index in [0.29, 0.717) is 0 Å². The quantitative estimate of drug-likeness (QED) is 0.448. The van der Waals surface area contributed by atoms with Gasteiger partial charge in [0, 0.05) is 42.5 Å². The molecule has 0 amide bonds. The molecule has 2 rings (SSSR count). The van der Waals surface area contributed by atoms with E-state index in [-0.39, 0.29) is 11.7 Å². The van der Waals surface area contributed by atoms with Crippen LogP contribution in [0.5, 0.6) is 5.75 Å². The largest absolute Gasteiger partial charge is 0.508 e. The van der Waals surface area contributed by atoms with Gasteiger partial charge in [-0.2, -0.15) is 0 Å². The van der Waals surface area contributed by atoms with Crippen molar-refractivity contribution in [3.05, 3.63) is 29.5 Å². The standard InChI is InChI=1S/C17H24N4O/c1-4-5-6-7-21(3)17(18)20-11-13-10-19-16-12(2)8-14(22)9-15(13)16/h8-11,18-19,22H,4-7H2,1-3H3/b18-17?,20-11-. The fourth-order valence-corrected chi connectivity index (χ4v) is 2.46. The molecule has 2 aromatic rings. The summed E-state index contributed by atoms with van der Waals surface area (Å²) >= 11 is 0. The number of fused-ring (bicyclic) bond motifs is 1. The van der Waals surface area contributed by atoms with Gasteiger partial charge in [-0.3, -0.25) is 5.41 Å². The lowest BCUT2D eigenvalue weighted by Crippen LogP contribution is -2.25. The molecule has 0 spiro atoms. The molecule has 5 nitrogen and oxygen atoms in total. The van der Waals surface area contributed by atoms with Crippen molar-refractivity contribution in [3.8, 4) is 5.75 Å². The molecule has 0 saturated carbocycles. The molecular formula is C17H24N4O. The van der Waals surface area contributed by atoms with Crippen LogP contribution < -0.4 is 0 Å². The van der Waals surface area contributed by atoms with Gasteiger partial charge in [0.1, 0.15) is 5.75 Å². The number of aromatic amines is 1. The zero-order valence-electron chi connectivity index (χ0n) is 13.5. The minimum atomic E-state index is 0.242. The van der Waals surface area contributed by atoms with Gasteiger partial charge in [-0.1, -0.05) is 19.8 Å². The molecule has 1 aromatic heterocycles. The number of phenolic OH excluding ortho intramolecular Hbond substituents is 1. The molecule has 0 aliphatic heterocycles. The van der Waals surface area contributed by atoms with Crippen molar-refractivity contribution in [2.24, 2.45) is 4.99 Å². The van der Waals surface area contributed by atoms with E-state index in [0.717, 1.165) is 35.0 Å². The van der Waals surface area contributed by atoms with Crippen LogP contribution in [0.15, 0.2) is 23.3 Å². The Kier molecular flexibility index (Phi) is 5.20. The maximum atomic E-state index is 9.73. The number of aromatic nitrogens is 1. The molecular weight excluding hydrogens is 276 g/mol. The van der Waals surface area contributed by atoms with Crippen molar-refractivity contribution < 1.29 is 5.11 Å². The van der Waals surface area contributed by atoms with E-state index in [2.05, 4.69) is 16.9 Å². The first-order chi connectivity index (χ1) is 10.5. The zero-order valence-corrected chi connectivity index (χ0v) is 13.5. The maximum Gasteiger partial charge on any atom is 0.217 e. The summed E-state index contributed by atoms with van der Waals surface area (Å²) in [4.78, 5) is 9.28. The molecule has 0 atom stereocenters. The number of nitrogens with zero attached hydrogens (tertiary/aromatic N) is 2. The summed E-state index contributed by atoms with van der Waals surface area (Å²) in [6, 6.07) is 3.44. The number of guanidine groups is 1. The Labute approximate surface area is 131 Å². The number of aromatic hydroxyl groups is 1. The topological polar surface area (TPSA) is 75.5 Å². The Morgan fingerprint density at radius 3 is 2.91 bits per heavy atom. The van der Waals surface area contributed by atoms with Crippen molar-refractivity contribution in [1.82, 2.24) is 9.88 Å². The summed E-state index contributed by atoms with van der Waals surface area (Å²) in [5, 5.41) is 18.6. The second-order valence-electron chi connectivity index (χ2n) is 5.64. The van der Waals surface area contributed by atoms with Crippen LogP contribution in [0.2, 0.25) is 0 Å². The van der Waals surface area contributed by atoms with Crippen LogP contribution in [0.4, 0.5) is 0 Å². The first-order valence-electron chi connectivity index (χ1n) is 7.67. The van der Waals surface area contributed by atoms with Gasteiger partial charge in [-0.15, -0.1) is 0 Å². The second-order valence-corrected chi connectivity index (χ2v) is 5.64. The van der Waals surface area contributed by atoms with E-state index in [4.69, 9.17) is 5.41 Å². The molecule has 0 radical (unpaired) electrons. The van der Waals surface area contributed by atoms with E-state index >= 15 is 0 Å². The van der Waals surface area contributed by atoms with Gasteiger partial charge in [-0.05, 0) is 31.0 Å². The average Bonchev–Trinajstić information content (AvgIpc) is 2.88. The van der Waals surface area contributed by atoms with E-state index in [9.17, 15) is 5.11 Å². The van der Waals surface area contributed by atoms with Crippen LogP contribution in [-0.4, -0.2) is 40.8 Å². The van der Waals surface area contributed by atoms with Gasteiger partial charge in [0.05, 0.1) is 0 Å². The Balaban J connectivity index is 2.11. The molecule has 0 aliphatic rings. The van der Waals surface area contributed by atoms with Crippen molar-refractivity contribution in [2.45, 2.75) is 33.1 Å². The monoisotopic (exact) mass is 300 g/mol. The molecule has 1 heterocycles. The highest BCUT2D eigenvalue weighted by Gasteiger charge is 2.07. The van der Waals surface area contributed by atoms with Crippen LogP contribution in [0, 0.1) is 12.3 Å². The number of hydrogen-bond donors (Lipinski definition) is 3. The smallest absolute Gasteiger partial charge is 0.217 e. The zero-order chi connectivity index (χ0) is 16.1. The van der Waals surface area contributed by atoms with Gasteiger partial charge >= 0.3 is 0 Å². The lowest BCUT2D eigenvalue weighted by molar-refractivity contribution is 0.469. The predicted octanol–water partition coefficient (Wildman–Crippen LogP) is 3.66. The highest BCUT2D eigenvalue weighted by molar-refractivity contribution is 6.03. The Morgan fingerprint density at radius 1 is 1.41 bits per heavy atom. The molecule has 0 aliphatic carbocycles. The number of benzene rings is 1. The number of hydrogen-bond acceptors (Lipinski definition) is 2. The number of phenols is 1. The SMILES string of the molecule is CCCCCN(C)C(=N)/N=C\c1c[nH]c2c(C)cc(O)cc12. The lowest BCUT2D eigenvalue weighted by atomic mass is 10.1. The van der Waals surface area contributed by atoms with E-state index in [1.807, 2.05) is 25.1 Å². The first-order valence-corrected chi connectivity index (χ1v) is 7.67. The number of aliphatic imine (C=N–C) groups is 1. The molecule has 5 heteroatoms. The normalized spacial score (nSPS) is 11.4. The molecule has 0 bridgehead atoms. The third kappa shape index (κ3) is 3.67. The van der Waals surface area contributed by atoms with Gasteiger partial charge in [-0.25, -0.2) is 4.99 Å². The van der Waals surface area contributed by atoms with Crippen LogP contribution in [0.3, 0.4) is 0 Å². The van der Waals surface area contributed by atoms with E-state index in [1.54, 1.807) is 18.3 Å². The van der Waals surface area contributed by atoms with Gasteiger partial charge in [0.25, 0.3) is 0 Å². The van der Waals surface area contributed by atoms with Gasteiger partial charge in [0.15, 0.2) is 0 Å². The molecule has 3 N–H and O–H groups in total. The average molecular weight is 300 g/mol. The minimum absolute atomic E-state index is 0.242. The molecule has 22 heavy (non-hydrogen) atoms. The summed E-state index contributed by atoms with van der Waals surface area (Å²) in [7, 11) is 1.89. The molecule has 1 aromatic carbocycles. The number of nitrogens with one attached hydrogen (secondary N) is 2. The summed E-state index contributed by atoms with van der Waals surface area (Å²) in [5.41, 5.74) is 2.85. The number of rotatable bonds is 5. The minimum Gasteiger partial charge on any atom is -0.508 e. The van der Waals surface area contributed by atoms with Crippen LogP contribution in [-0.2, 0) is 0 Å². The van der Waals surface area contributed by atoms with Gasteiger partial charge in [0.2, 0.25) is 5.96 Å². The van der Waals surface area contributed by atoms with E-state index < -0.39 is 0 Å². The molecule has 0 saturated heterocycles. The van der Waals surface area contributed by atoms with Gasteiger partial charge < -0.3 is 15.0 Å². The molecule has 118 valence electrons. The second kappa shape index (κ2) is 7.11. The summed E-state index contributed by atoms with van der Waals surface area (Å²) in [6.45, 7) is 4.96. The van der Waals surface area contributed by atoms with Crippen LogP contribution in [0.25, 0.3) is 10.9 Å². The Hall–Kier alpha value is -2.30. The third-order valence-corrected chi connectivity index (χ3v) is 3.79. The molecule has 0 unspecified atom stereocenters. The first kappa shape index (κ1) is 16.1.